The van der Waals surface area contributed by atoms with Crippen LogP contribution < -0.4 is 0 Å². The standard InChI is InChI=1S/C24H31NO4/c1-6-11-17-18(12-7-2)22-25(19(15-28-22)16-13-9-8-10-14-16)21(26)20(17)23(27)29-24(3,4)5/h6-10,13-14,17-20,22H,1-2,11-12,15H2,3-5H3/t17-,18+,19+,20?,22-/m1/s1. The lowest BCUT2D eigenvalue weighted by atomic mass is 9.72. The number of ether oxygens (including phenoxy) is 2. The van der Waals surface area contributed by atoms with Gasteiger partial charge in [0.25, 0.3) is 0 Å². The molecule has 1 aromatic rings. The molecule has 2 saturated heterocycles. The lowest BCUT2D eigenvalue weighted by Crippen LogP contribution is -2.57. The zero-order chi connectivity index (χ0) is 21.2. The number of piperidine rings is 1. The van der Waals surface area contributed by atoms with E-state index in [-0.39, 0.29) is 30.0 Å². The Hall–Kier alpha value is -2.40. The van der Waals surface area contributed by atoms with E-state index in [1.807, 2.05) is 57.2 Å². The number of fused-ring (bicyclic) bond motifs is 1. The van der Waals surface area contributed by atoms with Gasteiger partial charge in [0.15, 0.2) is 0 Å². The molecule has 2 heterocycles. The molecule has 0 N–H and O–H groups in total. The number of hydrogen-bond donors (Lipinski definition) is 0. The van der Waals surface area contributed by atoms with Gasteiger partial charge in [0.05, 0.1) is 12.6 Å². The van der Waals surface area contributed by atoms with Gasteiger partial charge in [-0.1, -0.05) is 42.5 Å². The molecule has 29 heavy (non-hydrogen) atoms. The van der Waals surface area contributed by atoms with E-state index in [1.165, 1.54) is 0 Å². The normalized spacial score (nSPS) is 29.3. The Bertz CT molecular complexity index is 767. The summed E-state index contributed by atoms with van der Waals surface area (Å²) in [5, 5.41) is 0. The van der Waals surface area contributed by atoms with E-state index >= 15 is 0 Å². The first-order chi connectivity index (χ1) is 13.8. The fraction of sp³-hybridized carbons (Fsp3) is 0.500. The minimum atomic E-state index is -0.874. The van der Waals surface area contributed by atoms with Gasteiger partial charge < -0.3 is 14.4 Å². The molecular formula is C24H31NO4. The molecule has 0 aliphatic carbocycles. The van der Waals surface area contributed by atoms with E-state index in [9.17, 15) is 9.59 Å². The third kappa shape index (κ3) is 4.30. The first kappa shape index (κ1) is 21.3. The molecule has 5 heteroatoms. The highest BCUT2D eigenvalue weighted by Crippen LogP contribution is 2.46. The third-order valence-corrected chi connectivity index (χ3v) is 5.62. The van der Waals surface area contributed by atoms with Crippen molar-refractivity contribution in [3.05, 3.63) is 61.2 Å². The Labute approximate surface area is 173 Å². The molecule has 0 aromatic heterocycles. The number of allylic oxidation sites excluding steroid dienone is 2. The topological polar surface area (TPSA) is 55.8 Å². The molecule has 0 saturated carbocycles. The molecule has 0 bridgehead atoms. The van der Waals surface area contributed by atoms with Gasteiger partial charge >= 0.3 is 5.97 Å². The monoisotopic (exact) mass is 397 g/mol. The fourth-order valence-corrected chi connectivity index (χ4v) is 4.50. The van der Waals surface area contributed by atoms with Crippen molar-refractivity contribution < 1.29 is 19.1 Å². The largest absolute Gasteiger partial charge is 0.459 e. The number of nitrogens with zero attached hydrogens (tertiary/aromatic N) is 1. The van der Waals surface area contributed by atoms with Crippen molar-refractivity contribution in [3.63, 3.8) is 0 Å². The van der Waals surface area contributed by atoms with Crippen LogP contribution in [0.3, 0.4) is 0 Å². The first-order valence-electron chi connectivity index (χ1n) is 10.2. The van der Waals surface area contributed by atoms with Crippen LogP contribution >= 0.6 is 0 Å². The molecule has 5 nitrogen and oxygen atoms in total. The first-order valence-corrected chi connectivity index (χ1v) is 10.2. The van der Waals surface area contributed by atoms with Gasteiger partial charge in [0.1, 0.15) is 17.7 Å². The Kier molecular flexibility index (Phi) is 6.27. The van der Waals surface area contributed by atoms with Crippen LogP contribution in [0.25, 0.3) is 0 Å². The molecule has 1 amide bonds. The summed E-state index contributed by atoms with van der Waals surface area (Å²) in [6, 6.07) is 9.61. The number of amides is 1. The summed E-state index contributed by atoms with van der Waals surface area (Å²) >= 11 is 0. The second-order valence-corrected chi connectivity index (χ2v) is 8.78. The van der Waals surface area contributed by atoms with Crippen LogP contribution in [-0.2, 0) is 19.1 Å². The predicted molar refractivity (Wildman–Crippen MR) is 112 cm³/mol. The van der Waals surface area contributed by atoms with Gasteiger partial charge in [-0.05, 0) is 45.1 Å². The Morgan fingerprint density at radius 2 is 1.79 bits per heavy atom. The summed E-state index contributed by atoms with van der Waals surface area (Å²) in [5.41, 5.74) is 0.340. The van der Waals surface area contributed by atoms with E-state index in [0.29, 0.717) is 19.4 Å². The van der Waals surface area contributed by atoms with E-state index in [0.717, 1.165) is 5.56 Å². The number of rotatable bonds is 6. The van der Waals surface area contributed by atoms with Crippen LogP contribution in [-0.4, -0.2) is 35.2 Å². The zero-order valence-corrected chi connectivity index (χ0v) is 17.5. The van der Waals surface area contributed by atoms with Crippen LogP contribution in [0.2, 0.25) is 0 Å². The van der Waals surface area contributed by atoms with Gasteiger partial charge in [0, 0.05) is 5.92 Å². The van der Waals surface area contributed by atoms with Gasteiger partial charge in [-0.15, -0.1) is 13.2 Å². The lowest BCUT2D eigenvalue weighted by molar-refractivity contribution is -0.181. The van der Waals surface area contributed by atoms with Crippen molar-refractivity contribution >= 4 is 11.9 Å². The number of esters is 1. The maximum Gasteiger partial charge on any atom is 0.319 e. The average molecular weight is 398 g/mol. The number of carbonyl (C=O) groups excluding carboxylic acids is 2. The number of benzene rings is 1. The summed E-state index contributed by atoms with van der Waals surface area (Å²) in [5.74, 6) is -1.84. The van der Waals surface area contributed by atoms with Gasteiger partial charge in [-0.25, -0.2) is 0 Å². The summed E-state index contributed by atoms with van der Waals surface area (Å²) < 4.78 is 11.8. The number of hydrogen-bond acceptors (Lipinski definition) is 4. The predicted octanol–water partition coefficient (Wildman–Crippen LogP) is 4.27. The summed E-state index contributed by atoms with van der Waals surface area (Å²) in [4.78, 5) is 28.5. The lowest BCUT2D eigenvalue weighted by Gasteiger charge is -2.45. The quantitative estimate of drug-likeness (QED) is 0.409. The smallest absolute Gasteiger partial charge is 0.319 e. The Morgan fingerprint density at radius 3 is 2.38 bits per heavy atom. The van der Waals surface area contributed by atoms with Gasteiger partial charge in [0.2, 0.25) is 5.91 Å². The molecule has 2 aliphatic rings. The molecule has 1 aromatic carbocycles. The van der Waals surface area contributed by atoms with Crippen LogP contribution in [0, 0.1) is 17.8 Å². The van der Waals surface area contributed by atoms with Crippen molar-refractivity contribution in [2.45, 2.75) is 51.5 Å². The number of carbonyl (C=O) groups is 2. The third-order valence-electron chi connectivity index (χ3n) is 5.62. The van der Waals surface area contributed by atoms with Crippen molar-refractivity contribution in [1.82, 2.24) is 4.90 Å². The van der Waals surface area contributed by atoms with Crippen LogP contribution in [0.1, 0.15) is 45.2 Å². The second-order valence-electron chi connectivity index (χ2n) is 8.78. The van der Waals surface area contributed by atoms with Crippen LogP contribution in [0.15, 0.2) is 55.6 Å². The van der Waals surface area contributed by atoms with Crippen LogP contribution in [0.4, 0.5) is 0 Å². The molecule has 156 valence electrons. The van der Waals surface area contributed by atoms with E-state index < -0.39 is 17.5 Å². The average Bonchev–Trinajstić information content (AvgIpc) is 3.10. The van der Waals surface area contributed by atoms with Crippen molar-refractivity contribution in [3.8, 4) is 0 Å². The van der Waals surface area contributed by atoms with Crippen molar-refractivity contribution in [2.24, 2.45) is 17.8 Å². The van der Waals surface area contributed by atoms with Crippen LogP contribution in [0.5, 0.6) is 0 Å². The highest BCUT2D eigenvalue weighted by molar-refractivity contribution is 5.99. The highest BCUT2D eigenvalue weighted by atomic mass is 16.6. The summed E-state index contributed by atoms with van der Waals surface area (Å²) in [6.07, 6.45) is 4.41. The zero-order valence-electron chi connectivity index (χ0n) is 17.5. The molecule has 2 fully saturated rings. The van der Waals surface area contributed by atoms with Crippen molar-refractivity contribution in [2.75, 3.05) is 6.61 Å². The minimum absolute atomic E-state index is 0.0468. The highest BCUT2D eigenvalue weighted by Gasteiger charge is 2.56. The molecule has 3 rings (SSSR count). The second kappa shape index (κ2) is 8.54. The fourth-order valence-electron chi connectivity index (χ4n) is 4.50. The molecule has 0 spiro atoms. The van der Waals surface area contributed by atoms with Gasteiger partial charge in [-0.3, -0.25) is 9.59 Å². The van der Waals surface area contributed by atoms with Crippen molar-refractivity contribution in [1.29, 1.82) is 0 Å². The molecular weight excluding hydrogens is 366 g/mol. The Balaban J connectivity index is 2.01. The van der Waals surface area contributed by atoms with E-state index in [4.69, 9.17) is 9.47 Å². The van der Waals surface area contributed by atoms with E-state index in [1.54, 1.807) is 11.0 Å². The minimum Gasteiger partial charge on any atom is -0.459 e. The molecule has 2 aliphatic heterocycles. The van der Waals surface area contributed by atoms with E-state index in [2.05, 4.69) is 13.2 Å². The summed E-state index contributed by atoms with van der Waals surface area (Å²) in [7, 11) is 0. The maximum absolute atomic E-state index is 13.6. The molecule has 1 unspecified atom stereocenters. The molecule has 0 radical (unpaired) electrons. The molecule has 5 atom stereocenters. The maximum atomic E-state index is 13.6. The SMILES string of the molecule is C=CC[C@@H]1[C@H]2OC[C@@H](c3ccccc3)N2C(=O)C(C(=O)OC(C)(C)C)[C@@H]1CC=C. The van der Waals surface area contributed by atoms with Gasteiger partial charge in [-0.2, -0.15) is 0 Å². The Morgan fingerprint density at radius 1 is 1.17 bits per heavy atom. The summed E-state index contributed by atoms with van der Waals surface area (Å²) in [6.45, 7) is 13.6.